The maximum Gasteiger partial charge on any atom is 0.371 e. The number of hydrogen-bond donors (Lipinski definition) is 3. The molecular weight excluding hydrogens is 174 g/mol. The summed E-state index contributed by atoms with van der Waals surface area (Å²) in [4.78, 5) is 10.4. The molecule has 0 spiro atoms. The van der Waals surface area contributed by atoms with Crippen molar-refractivity contribution in [1.29, 1.82) is 0 Å². The zero-order chi connectivity index (χ0) is 10.0. The Hall–Kier alpha value is -1.33. The number of carboxylic acid groups (broad SMARTS) is 1. The van der Waals surface area contributed by atoms with Crippen LogP contribution in [0.5, 0.6) is 0 Å². The van der Waals surface area contributed by atoms with Crippen LogP contribution >= 0.6 is 0 Å². The summed E-state index contributed by atoms with van der Waals surface area (Å²) in [5.74, 6) is -1.05. The summed E-state index contributed by atoms with van der Waals surface area (Å²) in [6, 6.07) is 2.06. The molecule has 1 aromatic heterocycles. The molecule has 0 aromatic carbocycles. The van der Waals surface area contributed by atoms with E-state index in [1.807, 2.05) is 0 Å². The second-order valence-corrected chi connectivity index (χ2v) is 2.77. The number of aliphatic hydroxyl groups excluding tert-OH is 1. The van der Waals surface area contributed by atoms with Gasteiger partial charge >= 0.3 is 5.97 Å². The zero-order valence-corrected chi connectivity index (χ0v) is 7.10. The van der Waals surface area contributed by atoms with E-state index in [1.54, 1.807) is 0 Å². The van der Waals surface area contributed by atoms with Crippen LogP contribution in [0.25, 0.3) is 0 Å². The molecule has 1 heterocycles. The summed E-state index contributed by atoms with van der Waals surface area (Å²) in [7, 11) is 0. The Morgan fingerprint density at radius 3 is 2.62 bits per heavy atom. The van der Waals surface area contributed by atoms with Gasteiger partial charge in [-0.05, 0) is 19.1 Å². The van der Waals surface area contributed by atoms with E-state index >= 15 is 0 Å². The maximum absolute atomic E-state index is 10.4. The average Bonchev–Trinajstić information content (AvgIpc) is 2.50. The fraction of sp³-hybridized carbons (Fsp3) is 0.375. The molecule has 0 aliphatic carbocycles. The minimum Gasteiger partial charge on any atom is -0.475 e. The molecule has 0 aliphatic heterocycles. The first-order valence-electron chi connectivity index (χ1n) is 3.79. The predicted octanol–water partition coefficient (Wildman–Crippen LogP) is 0.358. The first kappa shape index (κ1) is 9.76. The summed E-state index contributed by atoms with van der Waals surface area (Å²) in [6.07, 6.45) is -0.771. The number of rotatable bonds is 3. The summed E-state index contributed by atoms with van der Waals surface area (Å²) < 4.78 is 4.88. The highest BCUT2D eigenvalue weighted by molar-refractivity contribution is 5.84. The zero-order valence-electron chi connectivity index (χ0n) is 7.10. The third-order valence-electron chi connectivity index (χ3n) is 1.69. The number of aliphatic hydroxyl groups is 1. The van der Waals surface area contributed by atoms with Crippen molar-refractivity contribution < 1.29 is 19.4 Å². The van der Waals surface area contributed by atoms with Gasteiger partial charge in [-0.3, -0.25) is 0 Å². The quantitative estimate of drug-likeness (QED) is 0.631. The van der Waals surface area contributed by atoms with E-state index < -0.39 is 18.1 Å². The lowest BCUT2D eigenvalue weighted by Crippen LogP contribution is -2.22. The third-order valence-corrected chi connectivity index (χ3v) is 1.69. The summed E-state index contributed by atoms with van der Waals surface area (Å²) in [6.45, 7) is 1.51. The van der Waals surface area contributed by atoms with Gasteiger partial charge in [-0.25, -0.2) is 4.79 Å². The molecule has 0 unspecified atom stereocenters. The minimum absolute atomic E-state index is 0.175. The first-order chi connectivity index (χ1) is 6.02. The van der Waals surface area contributed by atoms with E-state index in [4.69, 9.17) is 20.4 Å². The average molecular weight is 185 g/mol. The molecule has 2 atom stereocenters. The Balaban J connectivity index is 2.85. The third kappa shape index (κ3) is 2.07. The number of carboxylic acids is 1. The molecule has 5 heteroatoms. The Bertz CT molecular complexity index is 305. The van der Waals surface area contributed by atoms with Crippen LogP contribution in [-0.4, -0.2) is 22.3 Å². The molecule has 0 radical (unpaired) electrons. The standard InChI is InChI=1S/C8H11NO4/c1-4(10)7(9)5-2-3-6(13-5)8(11)12/h2-4,7,10H,9H2,1H3,(H,11,12)/t4-,7-/m1/s1. The SMILES string of the molecule is C[C@@H](O)[C@@H](N)c1ccc(C(=O)O)o1. The molecular formula is C8H11NO4. The van der Waals surface area contributed by atoms with Gasteiger partial charge in [0.1, 0.15) is 5.76 Å². The van der Waals surface area contributed by atoms with Gasteiger partial charge < -0.3 is 20.4 Å². The highest BCUT2D eigenvalue weighted by atomic mass is 16.4. The van der Waals surface area contributed by atoms with Gasteiger partial charge in [0.15, 0.2) is 0 Å². The number of aromatic carboxylic acids is 1. The molecule has 5 nitrogen and oxygen atoms in total. The molecule has 1 rings (SSSR count). The highest BCUT2D eigenvalue weighted by Crippen LogP contribution is 2.17. The largest absolute Gasteiger partial charge is 0.475 e. The van der Waals surface area contributed by atoms with Gasteiger partial charge in [0.2, 0.25) is 5.76 Å². The number of nitrogens with two attached hydrogens (primary N) is 1. The van der Waals surface area contributed by atoms with Crippen LogP contribution in [0.2, 0.25) is 0 Å². The molecule has 0 aliphatic rings. The molecule has 1 aromatic rings. The van der Waals surface area contributed by atoms with E-state index in [0.29, 0.717) is 0 Å². The first-order valence-corrected chi connectivity index (χ1v) is 3.79. The van der Waals surface area contributed by atoms with E-state index in [9.17, 15) is 4.79 Å². The second-order valence-electron chi connectivity index (χ2n) is 2.77. The maximum atomic E-state index is 10.4. The minimum atomic E-state index is -1.15. The molecule has 0 bridgehead atoms. The van der Waals surface area contributed by atoms with Crippen molar-refractivity contribution in [2.75, 3.05) is 0 Å². The Morgan fingerprint density at radius 2 is 2.23 bits per heavy atom. The molecule has 0 saturated carbocycles. The van der Waals surface area contributed by atoms with Gasteiger partial charge in [0.25, 0.3) is 0 Å². The monoisotopic (exact) mass is 185 g/mol. The van der Waals surface area contributed by atoms with Crippen LogP contribution in [0.15, 0.2) is 16.5 Å². The van der Waals surface area contributed by atoms with Crippen LogP contribution < -0.4 is 5.73 Å². The molecule has 4 N–H and O–H groups in total. The lowest BCUT2D eigenvalue weighted by molar-refractivity contribution is 0.0655. The molecule has 0 amide bonds. The predicted molar refractivity (Wildman–Crippen MR) is 44.3 cm³/mol. The molecule has 0 fully saturated rings. The van der Waals surface area contributed by atoms with E-state index in [-0.39, 0.29) is 11.5 Å². The van der Waals surface area contributed by atoms with E-state index in [2.05, 4.69) is 0 Å². The van der Waals surface area contributed by atoms with Gasteiger partial charge in [-0.2, -0.15) is 0 Å². The van der Waals surface area contributed by atoms with Crippen LogP contribution in [0, 0.1) is 0 Å². The van der Waals surface area contributed by atoms with E-state index in [0.717, 1.165) is 0 Å². The molecule has 13 heavy (non-hydrogen) atoms. The smallest absolute Gasteiger partial charge is 0.371 e. The van der Waals surface area contributed by atoms with Gasteiger partial charge in [0.05, 0.1) is 12.1 Å². The Kier molecular flexibility index (Phi) is 2.69. The lowest BCUT2D eigenvalue weighted by Gasteiger charge is -2.10. The fourth-order valence-corrected chi connectivity index (χ4v) is 0.885. The van der Waals surface area contributed by atoms with E-state index in [1.165, 1.54) is 19.1 Å². The Morgan fingerprint density at radius 1 is 1.62 bits per heavy atom. The second kappa shape index (κ2) is 3.59. The Labute approximate surface area is 74.8 Å². The van der Waals surface area contributed by atoms with Crippen molar-refractivity contribution in [2.24, 2.45) is 5.73 Å². The molecule has 0 saturated heterocycles. The molecule has 72 valence electrons. The van der Waals surface area contributed by atoms with Crippen LogP contribution in [-0.2, 0) is 0 Å². The van der Waals surface area contributed by atoms with Crippen LogP contribution in [0.4, 0.5) is 0 Å². The normalized spacial score (nSPS) is 15.3. The van der Waals surface area contributed by atoms with Crippen molar-refractivity contribution in [3.8, 4) is 0 Å². The number of carbonyl (C=O) groups is 1. The van der Waals surface area contributed by atoms with Gasteiger partial charge in [0, 0.05) is 0 Å². The summed E-state index contributed by atoms with van der Waals surface area (Å²) in [5.41, 5.74) is 5.51. The highest BCUT2D eigenvalue weighted by Gasteiger charge is 2.17. The lowest BCUT2D eigenvalue weighted by atomic mass is 10.1. The summed E-state index contributed by atoms with van der Waals surface area (Å²) in [5, 5.41) is 17.6. The van der Waals surface area contributed by atoms with Gasteiger partial charge in [-0.1, -0.05) is 0 Å². The van der Waals surface area contributed by atoms with Crippen molar-refractivity contribution >= 4 is 5.97 Å². The topological polar surface area (TPSA) is 96.7 Å². The van der Waals surface area contributed by atoms with Crippen LogP contribution in [0.3, 0.4) is 0 Å². The van der Waals surface area contributed by atoms with Crippen molar-refractivity contribution in [3.63, 3.8) is 0 Å². The number of hydrogen-bond acceptors (Lipinski definition) is 4. The van der Waals surface area contributed by atoms with Crippen LogP contribution in [0.1, 0.15) is 29.3 Å². The van der Waals surface area contributed by atoms with Gasteiger partial charge in [-0.15, -0.1) is 0 Å². The fourth-order valence-electron chi connectivity index (χ4n) is 0.885. The summed E-state index contributed by atoms with van der Waals surface area (Å²) >= 11 is 0. The number of furan rings is 1. The van der Waals surface area contributed by atoms with Crippen molar-refractivity contribution in [3.05, 3.63) is 23.7 Å². The van der Waals surface area contributed by atoms with Crippen molar-refractivity contribution in [1.82, 2.24) is 0 Å². The van der Waals surface area contributed by atoms with Crippen molar-refractivity contribution in [2.45, 2.75) is 19.1 Å².